The second-order valence-corrected chi connectivity index (χ2v) is 4.97. The summed E-state index contributed by atoms with van der Waals surface area (Å²) < 4.78 is 0. The highest BCUT2D eigenvalue weighted by Crippen LogP contribution is 2.08. The smallest absolute Gasteiger partial charge is 0.238 e. The first kappa shape index (κ1) is 16.7. The minimum atomic E-state index is 0.0124. The molecule has 20 heavy (non-hydrogen) atoms. The standard InChI is InChI=1S/C16H27N3O/c1-4-19(5-2)11-7-10-17-13-16(20)18-15-9-6-8-14(3)12-15/h6,8-9,12,17H,4-5,7,10-11,13H2,1-3H3,(H,18,20). The lowest BCUT2D eigenvalue weighted by atomic mass is 10.2. The predicted molar refractivity (Wildman–Crippen MR) is 85.1 cm³/mol. The summed E-state index contributed by atoms with van der Waals surface area (Å²) in [7, 11) is 0. The maximum atomic E-state index is 11.7. The number of amides is 1. The first-order chi connectivity index (χ1) is 9.65. The molecule has 4 nitrogen and oxygen atoms in total. The van der Waals surface area contributed by atoms with Gasteiger partial charge in [-0.3, -0.25) is 4.79 Å². The van der Waals surface area contributed by atoms with E-state index in [-0.39, 0.29) is 5.91 Å². The van der Waals surface area contributed by atoms with Gasteiger partial charge < -0.3 is 15.5 Å². The summed E-state index contributed by atoms with van der Waals surface area (Å²) in [4.78, 5) is 14.1. The number of rotatable bonds is 9. The summed E-state index contributed by atoms with van der Waals surface area (Å²) in [5.74, 6) is 0.0124. The number of hydrogen-bond acceptors (Lipinski definition) is 3. The van der Waals surface area contributed by atoms with Crippen molar-refractivity contribution in [3.8, 4) is 0 Å². The molecule has 0 bridgehead atoms. The molecule has 1 rings (SSSR count). The molecule has 1 aromatic carbocycles. The molecule has 1 amide bonds. The molecule has 4 heteroatoms. The zero-order chi connectivity index (χ0) is 14.8. The van der Waals surface area contributed by atoms with E-state index in [1.807, 2.05) is 31.2 Å². The Morgan fingerprint density at radius 1 is 1.25 bits per heavy atom. The van der Waals surface area contributed by atoms with Gasteiger partial charge in [0.1, 0.15) is 0 Å². The molecule has 112 valence electrons. The fraction of sp³-hybridized carbons (Fsp3) is 0.562. The summed E-state index contributed by atoms with van der Waals surface area (Å²) >= 11 is 0. The molecule has 2 N–H and O–H groups in total. The Morgan fingerprint density at radius 3 is 2.65 bits per heavy atom. The molecule has 1 aromatic rings. The maximum Gasteiger partial charge on any atom is 0.238 e. The Balaban J connectivity index is 2.14. The Morgan fingerprint density at radius 2 is 2.00 bits per heavy atom. The van der Waals surface area contributed by atoms with Crippen LogP contribution in [0.1, 0.15) is 25.8 Å². The fourth-order valence-electron chi connectivity index (χ4n) is 2.10. The molecule has 0 radical (unpaired) electrons. The van der Waals surface area contributed by atoms with Crippen molar-refractivity contribution in [3.63, 3.8) is 0 Å². The molecule has 0 heterocycles. The Labute approximate surface area is 122 Å². The first-order valence-corrected chi connectivity index (χ1v) is 7.45. The van der Waals surface area contributed by atoms with Crippen LogP contribution in [-0.2, 0) is 4.79 Å². The van der Waals surface area contributed by atoms with Crippen LogP contribution in [0.4, 0.5) is 5.69 Å². The number of nitrogens with one attached hydrogen (secondary N) is 2. The van der Waals surface area contributed by atoms with Gasteiger partial charge in [0.05, 0.1) is 6.54 Å². The third-order valence-corrected chi connectivity index (χ3v) is 3.31. The van der Waals surface area contributed by atoms with Crippen LogP contribution in [0.3, 0.4) is 0 Å². The number of anilines is 1. The quantitative estimate of drug-likeness (QED) is 0.681. The Hall–Kier alpha value is -1.39. The van der Waals surface area contributed by atoms with Crippen molar-refractivity contribution >= 4 is 11.6 Å². The van der Waals surface area contributed by atoms with Crippen LogP contribution in [0.15, 0.2) is 24.3 Å². The van der Waals surface area contributed by atoms with Crippen molar-refractivity contribution in [2.24, 2.45) is 0 Å². The second-order valence-electron chi connectivity index (χ2n) is 4.97. The monoisotopic (exact) mass is 277 g/mol. The summed E-state index contributed by atoms with van der Waals surface area (Å²) in [6.07, 6.45) is 1.07. The van der Waals surface area contributed by atoms with Crippen LogP contribution in [0.25, 0.3) is 0 Å². The van der Waals surface area contributed by atoms with Gasteiger partial charge in [-0.2, -0.15) is 0 Å². The second kappa shape index (κ2) is 9.50. The summed E-state index contributed by atoms with van der Waals surface area (Å²) in [6, 6.07) is 7.84. The lowest BCUT2D eigenvalue weighted by Gasteiger charge is -2.17. The van der Waals surface area contributed by atoms with Crippen molar-refractivity contribution < 1.29 is 4.79 Å². The number of benzene rings is 1. The molecule has 0 spiro atoms. The molecular weight excluding hydrogens is 250 g/mol. The SMILES string of the molecule is CCN(CC)CCCNCC(=O)Nc1cccc(C)c1. The topological polar surface area (TPSA) is 44.4 Å². The molecule has 0 aliphatic rings. The van der Waals surface area contributed by atoms with Crippen LogP contribution in [0.5, 0.6) is 0 Å². The van der Waals surface area contributed by atoms with Crippen molar-refractivity contribution in [2.75, 3.05) is 38.0 Å². The van der Waals surface area contributed by atoms with Gasteiger partial charge in [0.2, 0.25) is 5.91 Å². The van der Waals surface area contributed by atoms with E-state index in [4.69, 9.17) is 0 Å². The van der Waals surface area contributed by atoms with E-state index in [1.54, 1.807) is 0 Å². The Kier molecular flexibility index (Phi) is 7.92. The number of aryl methyl sites for hydroxylation is 1. The summed E-state index contributed by atoms with van der Waals surface area (Å²) in [6.45, 7) is 10.9. The van der Waals surface area contributed by atoms with Gasteiger partial charge in [-0.1, -0.05) is 26.0 Å². The van der Waals surface area contributed by atoms with E-state index < -0.39 is 0 Å². The van der Waals surface area contributed by atoms with Gasteiger partial charge in [0, 0.05) is 5.69 Å². The lowest BCUT2D eigenvalue weighted by Crippen LogP contribution is -2.31. The highest BCUT2D eigenvalue weighted by molar-refractivity contribution is 5.92. The molecule has 0 aliphatic carbocycles. The van der Waals surface area contributed by atoms with Crippen LogP contribution >= 0.6 is 0 Å². The minimum absolute atomic E-state index is 0.0124. The molecule has 0 aliphatic heterocycles. The van der Waals surface area contributed by atoms with Gasteiger partial charge in [-0.25, -0.2) is 0 Å². The minimum Gasteiger partial charge on any atom is -0.325 e. The van der Waals surface area contributed by atoms with E-state index in [1.165, 1.54) is 0 Å². The first-order valence-electron chi connectivity index (χ1n) is 7.45. The molecule has 0 aromatic heterocycles. The highest BCUT2D eigenvalue weighted by atomic mass is 16.1. The van der Waals surface area contributed by atoms with Crippen molar-refractivity contribution in [3.05, 3.63) is 29.8 Å². The largest absolute Gasteiger partial charge is 0.325 e. The van der Waals surface area contributed by atoms with Gasteiger partial charge in [0.25, 0.3) is 0 Å². The van der Waals surface area contributed by atoms with E-state index in [0.29, 0.717) is 6.54 Å². The third kappa shape index (κ3) is 6.68. The lowest BCUT2D eigenvalue weighted by molar-refractivity contribution is -0.115. The number of nitrogens with zero attached hydrogens (tertiary/aromatic N) is 1. The van der Waals surface area contributed by atoms with E-state index in [0.717, 1.165) is 43.9 Å². The molecule has 0 saturated carbocycles. The zero-order valence-corrected chi connectivity index (χ0v) is 12.9. The Bertz CT molecular complexity index is 402. The zero-order valence-electron chi connectivity index (χ0n) is 12.9. The van der Waals surface area contributed by atoms with E-state index in [2.05, 4.69) is 29.4 Å². The number of hydrogen-bond donors (Lipinski definition) is 2. The molecule has 0 fully saturated rings. The summed E-state index contributed by atoms with van der Waals surface area (Å²) in [5.41, 5.74) is 2.01. The fourth-order valence-corrected chi connectivity index (χ4v) is 2.10. The highest BCUT2D eigenvalue weighted by Gasteiger charge is 2.02. The average molecular weight is 277 g/mol. The van der Waals surface area contributed by atoms with Crippen LogP contribution in [0.2, 0.25) is 0 Å². The molecule has 0 atom stereocenters. The molecular formula is C16H27N3O. The summed E-state index contributed by atoms with van der Waals surface area (Å²) in [5, 5.41) is 6.08. The van der Waals surface area contributed by atoms with Crippen LogP contribution < -0.4 is 10.6 Å². The molecule has 0 unspecified atom stereocenters. The van der Waals surface area contributed by atoms with E-state index >= 15 is 0 Å². The predicted octanol–water partition coefficient (Wildman–Crippen LogP) is 2.26. The number of carbonyl (C=O) groups excluding carboxylic acids is 1. The van der Waals surface area contributed by atoms with Crippen LogP contribution in [0, 0.1) is 6.92 Å². The molecule has 0 saturated heterocycles. The van der Waals surface area contributed by atoms with E-state index in [9.17, 15) is 4.79 Å². The van der Waals surface area contributed by atoms with Gasteiger partial charge in [-0.15, -0.1) is 0 Å². The van der Waals surface area contributed by atoms with Crippen molar-refractivity contribution in [1.29, 1.82) is 0 Å². The van der Waals surface area contributed by atoms with Crippen molar-refractivity contribution in [1.82, 2.24) is 10.2 Å². The van der Waals surface area contributed by atoms with Gasteiger partial charge >= 0.3 is 0 Å². The number of carbonyl (C=O) groups is 1. The van der Waals surface area contributed by atoms with Gasteiger partial charge in [0.15, 0.2) is 0 Å². The normalized spacial score (nSPS) is 10.8. The van der Waals surface area contributed by atoms with Gasteiger partial charge in [-0.05, 0) is 57.2 Å². The van der Waals surface area contributed by atoms with Crippen LogP contribution in [-0.4, -0.2) is 43.5 Å². The maximum absolute atomic E-state index is 11.7. The average Bonchev–Trinajstić information content (AvgIpc) is 2.43. The third-order valence-electron chi connectivity index (χ3n) is 3.31. The van der Waals surface area contributed by atoms with Crippen molar-refractivity contribution in [2.45, 2.75) is 27.2 Å².